The second-order valence-electron chi connectivity index (χ2n) is 5.13. The molecule has 0 aliphatic heterocycles. The Hall–Kier alpha value is -1.09. The fourth-order valence-corrected chi connectivity index (χ4v) is 2.46. The molecule has 0 saturated heterocycles. The highest BCUT2D eigenvalue weighted by Crippen LogP contribution is 2.11. The second kappa shape index (κ2) is 8.09. The van der Waals surface area contributed by atoms with Crippen molar-refractivity contribution in [2.45, 2.75) is 57.5 Å². The number of hydrogen-bond acceptors (Lipinski definition) is 2. The van der Waals surface area contributed by atoms with Crippen molar-refractivity contribution in [2.75, 3.05) is 6.54 Å². The lowest BCUT2D eigenvalue weighted by molar-refractivity contribution is 0.489. The fourth-order valence-electron chi connectivity index (χ4n) is 2.46. The molecule has 1 atom stereocenters. The van der Waals surface area contributed by atoms with Crippen molar-refractivity contribution >= 4 is 0 Å². The van der Waals surface area contributed by atoms with Crippen LogP contribution in [0.15, 0.2) is 30.9 Å². The first-order chi connectivity index (χ1) is 8.95. The van der Waals surface area contributed by atoms with Crippen LogP contribution < -0.4 is 5.32 Å². The SMILES string of the molecule is C1=C/C(NCCCCn2ccnc2)CCCCC/1. The number of aryl methyl sites for hydroxylation is 1. The molecule has 0 bridgehead atoms. The maximum Gasteiger partial charge on any atom is 0.0945 e. The normalized spacial score (nSPS) is 22.3. The van der Waals surface area contributed by atoms with Gasteiger partial charge in [-0.2, -0.15) is 0 Å². The molecule has 1 unspecified atom stereocenters. The molecule has 1 N–H and O–H groups in total. The van der Waals surface area contributed by atoms with Gasteiger partial charge in [-0.1, -0.05) is 25.0 Å². The van der Waals surface area contributed by atoms with E-state index in [0.29, 0.717) is 6.04 Å². The Morgan fingerprint density at radius 1 is 1.22 bits per heavy atom. The summed E-state index contributed by atoms with van der Waals surface area (Å²) in [6.45, 7) is 2.21. The summed E-state index contributed by atoms with van der Waals surface area (Å²) in [5, 5.41) is 3.66. The maximum absolute atomic E-state index is 4.05. The zero-order chi connectivity index (χ0) is 12.5. The van der Waals surface area contributed by atoms with Crippen molar-refractivity contribution in [2.24, 2.45) is 0 Å². The number of rotatable bonds is 6. The van der Waals surface area contributed by atoms with Gasteiger partial charge in [-0.05, 0) is 38.6 Å². The minimum absolute atomic E-state index is 0.610. The largest absolute Gasteiger partial charge is 0.337 e. The van der Waals surface area contributed by atoms with Gasteiger partial charge in [-0.3, -0.25) is 0 Å². The van der Waals surface area contributed by atoms with Gasteiger partial charge in [0.05, 0.1) is 6.33 Å². The molecule has 3 nitrogen and oxygen atoms in total. The van der Waals surface area contributed by atoms with E-state index in [2.05, 4.69) is 27.0 Å². The average molecular weight is 247 g/mol. The molecule has 0 aromatic carbocycles. The van der Waals surface area contributed by atoms with Crippen LogP contribution in [0, 0.1) is 0 Å². The second-order valence-corrected chi connectivity index (χ2v) is 5.13. The molecule has 18 heavy (non-hydrogen) atoms. The highest BCUT2D eigenvalue weighted by atomic mass is 15.0. The van der Waals surface area contributed by atoms with Gasteiger partial charge in [0.15, 0.2) is 0 Å². The average Bonchev–Trinajstić information content (AvgIpc) is 2.84. The van der Waals surface area contributed by atoms with Gasteiger partial charge in [0.25, 0.3) is 0 Å². The smallest absolute Gasteiger partial charge is 0.0945 e. The Bertz CT molecular complexity index is 330. The first-order valence-electron chi connectivity index (χ1n) is 7.31. The quantitative estimate of drug-likeness (QED) is 0.618. The van der Waals surface area contributed by atoms with Crippen LogP contribution in [0.25, 0.3) is 0 Å². The van der Waals surface area contributed by atoms with E-state index >= 15 is 0 Å². The summed E-state index contributed by atoms with van der Waals surface area (Å²) < 4.78 is 2.15. The van der Waals surface area contributed by atoms with Crippen LogP contribution in [0.3, 0.4) is 0 Å². The molecule has 1 aliphatic carbocycles. The third-order valence-corrected chi connectivity index (χ3v) is 3.56. The summed E-state index contributed by atoms with van der Waals surface area (Å²) in [6.07, 6.45) is 19.7. The van der Waals surface area contributed by atoms with Gasteiger partial charge in [0.1, 0.15) is 0 Å². The number of nitrogens with one attached hydrogen (secondary N) is 1. The Labute approximate surface area is 110 Å². The lowest BCUT2D eigenvalue weighted by Crippen LogP contribution is -2.28. The van der Waals surface area contributed by atoms with Crippen molar-refractivity contribution in [1.29, 1.82) is 0 Å². The molecule has 1 heterocycles. The molecule has 0 amide bonds. The molecule has 1 aromatic rings. The molecule has 0 saturated carbocycles. The number of nitrogens with zero attached hydrogens (tertiary/aromatic N) is 2. The molecule has 100 valence electrons. The zero-order valence-electron chi connectivity index (χ0n) is 11.2. The van der Waals surface area contributed by atoms with Crippen LogP contribution in [0.5, 0.6) is 0 Å². The van der Waals surface area contributed by atoms with Gasteiger partial charge in [0, 0.05) is 25.0 Å². The molecule has 0 radical (unpaired) electrons. The third-order valence-electron chi connectivity index (χ3n) is 3.56. The van der Waals surface area contributed by atoms with E-state index in [1.807, 2.05) is 18.7 Å². The molecule has 3 heteroatoms. The summed E-state index contributed by atoms with van der Waals surface area (Å²) in [5.74, 6) is 0. The Balaban J connectivity index is 1.55. The lowest BCUT2D eigenvalue weighted by atomic mass is 10.0. The van der Waals surface area contributed by atoms with Gasteiger partial charge >= 0.3 is 0 Å². The highest BCUT2D eigenvalue weighted by molar-refractivity contribution is 4.94. The van der Waals surface area contributed by atoms with Crippen molar-refractivity contribution in [3.8, 4) is 0 Å². The number of hydrogen-bond donors (Lipinski definition) is 1. The molecule has 1 aliphatic rings. The van der Waals surface area contributed by atoms with Crippen LogP contribution in [0.4, 0.5) is 0 Å². The fraction of sp³-hybridized carbons (Fsp3) is 0.667. The minimum atomic E-state index is 0.610. The summed E-state index contributed by atoms with van der Waals surface area (Å²) in [6, 6.07) is 0.610. The number of unbranched alkanes of at least 4 members (excludes halogenated alkanes) is 1. The van der Waals surface area contributed by atoms with E-state index < -0.39 is 0 Å². The van der Waals surface area contributed by atoms with Crippen LogP contribution in [0.2, 0.25) is 0 Å². The molecule has 0 spiro atoms. The topological polar surface area (TPSA) is 29.9 Å². The summed E-state index contributed by atoms with van der Waals surface area (Å²) >= 11 is 0. The van der Waals surface area contributed by atoms with E-state index in [4.69, 9.17) is 0 Å². The Kier molecular flexibility index (Phi) is 6.00. The third kappa shape index (κ3) is 5.05. The standard InChI is InChI=1S/C15H25N3/c1-2-4-8-15(9-5-3-1)17-10-6-7-12-18-13-11-16-14-18/h4,8,11,13-15,17H,1-3,5-7,9-10,12H2/b8-4+. The molecule has 0 fully saturated rings. The van der Waals surface area contributed by atoms with Crippen molar-refractivity contribution in [3.05, 3.63) is 30.9 Å². The number of imidazole rings is 1. The van der Waals surface area contributed by atoms with Crippen molar-refractivity contribution < 1.29 is 0 Å². The minimum Gasteiger partial charge on any atom is -0.337 e. The van der Waals surface area contributed by atoms with Gasteiger partial charge in [0.2, 0.25) is 0 Å². The summed E-state index contributed by atoms with van der Waals surface area (Å²) in [7, 11) is 0. The van der Waals surface area contributed by atoms with E-state index in [1.54, 1.807) is 0 Å². The van der Waals surface area contributed by atoms with Crippen LogP contribution in [0.1, 0.15) is 44.9 Å². The molecular formula is C15H25N3. The van der Waals surface area contributed by atoms with Crippen LogP contribution in [-0.4, -0.2) is 22.1 Å². The van der Waals surface area contributed by atoms with Gasteiger partial charge < -0.3 is 9.88 Å². The van der Waals surface area contributed by atoms with Crippen molar-refractivity contribution in [3.63, 3.8) is 0 Å². The lowest BCUT2D eigenvalue weighted by Gasteiger charge is -2.16. The maximum atomic E-state index is 4.05. The van der Waals surface area contributed by atoms with E-state index in [9.17, 15) is 0 Å². The van der Waals surface area contributed by atoms with Crippen LogP contribution in [-0.2, 0) is 6.54 Å². The monoisotopic (exact) mass is 247 g/mol. The number of aromatic nitrogens is 2. The number of allylic oxidation sites excluding steroid dienone is 1. The zero-order valence-corrected chi connectivity index (χ0v) is 11.2. The van der Waals surface area contributed by atoms with Gasteiger partial charge in [-0.25, -0.2) is 4.98 Å². The van der Waals surface area contributed by atoms with Gasteiger partial charge in [-0.15, -0.1) is 0 Å². The Morgan fingerprint density at radius 3 is 3.11 bits per heavy atom. The predicted molar refractivity (Wildman–Crippen MR) is 75.5 cm³/mol. The molecule has 2 rings (SSSR count). The van der Waals surface area contributed by atoms with E-state index in [1.165, 1.54) is 44.9 Å². The van der Waals surface area contributed by atoms with E-state index in [-0.39, 0.29) is 0 Å². The molecular weight excluding hydrogens is 222 g/mol. The van der Waals surface area contributed by atoms with E-state index in [0.717, 1.165) is 13.1 Å². The first kappa shape index (κ1) is 13.3. The first-order valence-corrected chi connectivity index (χ1v) is 7.31. The summed E-state index contributed by atoms with van der Waals surface area (Å²) in [4.78, 5) is 4.05. The highest BCUT2D eigenvalue weighted by Gasteiger charge is 2.05. The molecule has 1 aromatic heterocycles. The Morgan fingerprint density at radius 2 is 2.22 bits per heavy atom. The summed E-state index contributed by atoms with van der Waals surface area (Å²) in [5.41, 5.74) is 0. The van der Waals surface area contributed by atoms with Crippen LogP contribution >= 0.6 is 0 Å². The van der Waals surface area contributed by atoms with Crippen molar-refractivity contribution in [1.82, 2.24) is 14.9 Å². The predicted octanol–water partition coefficient (Wildman–Crippen LogP) is 3.14.